The Kier molecular flexibility index (Phi) is 7.91. The van der Waals surface area contributed by atoms with Crippen LogP contribution in [0.5, 0.6) is 5.75 Å². The van der Waals surface area contributed by atoms with Gasteiger partial charge in [-0.05, 0) is 30.2 Å². The number of thioether (sulfide) groups is 1. The molecule has 1 aromatic heterocycles. The third kappa shape index (κ3) is 6.73. The van der Waals surface area contributed by atoms with Gasteiger partial charge in [-0.25, -0.2) is 4.98 Å². The van der Waals surface area contributed by atoms with Gasteiger partial charge in [0.25, 0.3) is 0 Å². The topological polar surface area (TPSA) is 92.4 Å². The number of rotatable bonds is 9. The molecule has 1 amide bonds. The molecule has 3 rings (SSSR count). The van der Waals surface area contributed by atoms with Crippen molar-refractivity contribution >= 4 is 17.7 Å². The summed E-state index contributed by atoms with van der Waals surface area (Å²) in [4.78, 5) is 19.0. The number of benzene rings is 1. The van der Waals surface area contributed by atoms with Gasteiger partial charge in [-0.2, -0.15) is 0 Å². The number of carbonyl (C=O) groups excluding carboxylic acids is 1. The smallest absolute Gasteiger partial charge is 0.230 e. The second-order valence-electron chi connectivity index (χ2n) is 7.43. The Morgan fingerprint density at radius 1 is 1.41 bits per heavy atom. The largest absolute Gasteiger partial charge is 0.497 e. The lowest BCUT2D eigenvalue weighted by Gasteiger charge is -2.33. The molecule has 9 heteroatoms. The van der Waals surface area contributed by atoms with E-state index >= 15 is 0 Å². The standard InChI is InChI=1S/C20H29N5O3S/c1-14(2)11-25-8-9-28-17(12-25)10-21-18(26)13-29-20-22-19(23-24-20)15-4-6-16(27-3)7-5-15/h4-7,14,17H,8-13H2,1-3H3,(H,21,26)(H,22,23,24). The zero-order valence-electron chi connectivity index (χ0n) is 17.2. The quantitative estimate of drug-likeness (QED) is 0.601. The number of methoxy groups -OCH3 is 1. The predicted octanol–water partition coefficient (Wildman–Crippen LogP) is 2.05. The summed E-state index contributed by atoms with van der Waals surface area (Å²) in [5.74, 6) is 2.30. The van der Waals surface area contributed by atoms with Crippen LogP contribution in [0.4, 0.5) is 0 Å². The van der Waals surface area contributed by atoms with Gasteiger partial charge < -0.3 is 14.8 Å². The van der Waals surface area contributed by atoms with Crippen molar-refractivity contribution in [1.29, 1.82) is 0 Å². The van der Waals surface area contributed by atoms with Gasteiger partial charge in [0.15, 0.2) is 5.82 Å². The van der Waals surface area contributed by atoms with E-state index in [2.05, 4.69) is 39.2 Å². The average Bonchev–Trinajstić information content (AvgIpc) is 3.20. The molecule has 0 spiro atoms. The number of carbonyl (C=O) groups is 1. The minimum absolute atomic E-state index is 0.0432. The molecule has 1 atom stereocenters. The third-order valence-corrected chi connectivity index (χ3v) is 5.38. The highest BCUT2D eigenvalue weighted by Gasteiger charge is 2.21. The van der Waals surface area contributed by atoms with E-state index in [0.717, 1.165) is 30.9 Å². The summed E-state index contributed by atoms with van der Waals surface area (Å²) < 4.78 is 10.9. The van der Waals surface area contributed by atoms with Crippen molar-refractivity contribution in [3.8, 4) is 17.1 Å². The van der Waals surface area contributed by atoms with Crippen molar-refractivity contribution in [3.05, 3.63) is 24.3 Å². The molecule has 0 saturated carbocycles. The number of hydrogen-bond acceptors (Lipinski definition) is 7. The van der Waals surface area contributed by atoms with Gasteiger partial charge in [0.05, 0.1) is 25.6 Å². The minimum Gasteiger partial charge on any atom is -0.497 e. The van der Waals surface area contributed by atoms with E-state index in [0.29, 0.717) is 30.1 Å². The molecule has 158 valence electrons. The van der Waals surface area contributed by atoms with Crippen LogP contribution in [0, 0.1) is 5.92 Å². The number of hydrogen-bond donors (Lipinski definition) is 2. The first-order valence-corrected chi connectivity index (χ1v) is 10.8. The Labute approximate surface area is 175 Å². The number of H-pyrrole nitrogens is 1. The monoisotopic (exact) mass is 419 g/mol. The molecular formula is C20H29N5O3S. The maximum atomic E-state index is 12.2. The molecule has 2 N–H and O–H groups in total. The first-order valence-electron chi connectivity index (χ1n) is 9.83. The summed E-state index contributed by atoms with van der Waals surface area (Å²) in [5.41, 5.74) is 0.912. The van der Waals surface area contributed by atoms with Crippen LogP contribution in [0.2, 0.25) is 0 Å². The van der Waals surface area contributed by atoms with Crippen molar-refractivity contribution in [2.24, 2.45) is 5.92 Å². The Bertz CT molecular complexity index is 781. The van der Waals surface area contributed by atoms with Crippen molar-refractivity contribution in [2.75, 3.05) is 45.6 Å². The number of nitrogens with one attached hydrogen (secondary N) is 2. The van der Waals surface area contributed by atoms with Crippen molar-refractivity contribution in [1.82, 2.24) is 25.4 Å². The zero-order valence-corrected chi connectivity index (χ0v) is 18.0. The van der Waals surface area contributed by atoms with Crippen LogP contribution in [0.25, 0.3) is 11.4 Å². The third-order valence-electron chi connectivity index (χ3n) is 4.53. The van der Waals surface area contributed by atoms with Crippen molar-refractivity contribution < 1.29 is 14.3 Å². The van der Waals surface area contributed by atoms with Crippen LogP contribution in [-0.4, -0.2) is 77.7 Å². The van der Waals surface area contributed by atoms with Crippen LogP contribution < -0.4 is 10.1 Å². The first kappa shape index (κ1) is 21.6. The van der Waals surface area contributed by atoms with E-state index in [-0.39, 0.29) is 17.8 Å². The zero-order chi connectivity index (χ0) is 20.6. The molecule has 1 aliphatic heterocycles. The fraction of sp³-hybridized carbons (Fsp3) is 0.550. The Hall–Kier alpha value is -2.10. The van der Waals surface area contributed by atoms with Crippen LogP contribution >= 0.6 is 11.8 Å². The van der Waals surface area contributed by atoms with E-state index < -0.39 is 0 Å². The predicted molar refractivity (Wildman–Crippen MR) is 113 cm³/mol. The van der Waals surface area contributed by atoms with Gasteiger partial charge in [-0.15, -0.1) is 5.10 Å². The van der Waals surface area contributed by atoms with E-state index in [4.69, 9.17) is 9.47 Å². The lowest BCUT2D eigenvalue weighted by atomic mass is 10.2. The van der Waals surface area contributed by atoms with Crippen LogP contribution in [0.1, 0.15) is 13.8 Å². The highest BCUT2D eigenvalue weighted by molar-refractivity contribution is 7.99. The fourth-order valence-electron chi connectivity index (χ4n) is 3.18. The average molecular weight is 420 g/mol. The lowest BCUT2D eigenvalue weighted by Crippen LogP contribution is -2.48. The maximum Gasteiger partial charge on any atom is 0.230 e. The van der Waals surface area contributed by atoms with E-state index in [9.17, 15) is 4.79 Å². The van der Waals surface area contributed by atoms with Gasteiger partial charge in [0, 0.05) is 31.7 Å². The molecule has 1 saturated heterocycles. The summed E-state index contributed by atoms with van der Waals surface area (Å²) in [7, 11) is 1.63. The van der Waals surface area contributed by atoms with Crippen molar-refractivity contribution in [3.63, 3.8) is 0 Å². The van der Waals surface area contributed by atoms with Crippen molar-refractivity contribution in [2.45, 2.75) is 25.1 Å². The summed E-state index contributed by atoms with van der Waals surface area (Å²) in [6.45, 7) is 8.55. The first-order chi connectivity index (χ1) is 14.0. The number of nitrogens with zero attached hydrogens (tertiary/aromatic N) is 3. The molecule has 0 bridgehead atoms. The molecular weight excluding hydrogens is 390 g/mol. The number of morpholine rings is 1. The molecule has 29 heavy (non-hydrogen) atoms. The number of aromatic amines is 1. The molecule has 0 aliphatic carbocycles. The number of amides is 1. The van der Waals surface area contributed by atoms with Crippen LogP contribution in [0.3, 0.4) is 0 Å². The summed E-state index contributed by atoms with van der Waals surface area (Å²) >= 11 is 1.31. The van der Waals surface area contributed by atoms with Gasteiger partial charge in [0.1, 0.15) is 5.75 Å². The molecule has 2 heterocycles. The highest BCUT2D eigenvalue weighted by Crippen LogP contribution is 2.21. The molecule has 1 aliphatic rings. The van der Waals surface area contributed by atoms with E-state index in [1.54, 1.807) is 7.11 Å². The normalized spacial score (nSPS) is 17.4. The molecule has 1 unspecified atom stereocenters. The lowest BCUT2D eigenvalue weighted by molar-refractivity contribution is -0.119. The minimum atomic E-state index is -0.0459. The molecule has 0 radical (unpaired) electrons. The van der Waals surface area contributed by atoms with E-state index in [1.807, 2.05) is 24.3 Å². The highest BCUT2D eigenvalue weighted by atomic mass is 32.2. The summed E-state index contributed by atoms with van der Waals surface area (Å²) in [6.07, 6.45) is 0.0432. The van der Waals surface area contributed by atoms with Crippen LogP contribution in [0.15, 0.2) is 29.4 Å². The summed E-state index contributed by atoms with van der Waals surface area (Å²) in [6, 6.07) is 7.56. The number of ether oxygens (including phenoxy) is 2. The SMILES string of the molecule is COc1ccc(-c2nc(SCC(=O)NCC3CN(CC(C)C)CCO3)n[nH]2)cc1. The van der Waals surface area contributed by atoms with E-state index in [1.165, 1.54) is 11.8 Å². The molecule has 8 nitrogen and oxygen atoms in total. The Balaban J connectivity index is 1.41. The van der Waals surface area contributed by atoms with Gasteiger partial charge in [-0.1, -0.05) is 25.6 Å². The fourth-order valence-corrected chi connectivity index (χ4v) is 3.81. The maximum absolute atomic E-state index is 12.2. The Morgan fingerprint density at radius 2 is 2.21 bits per heavy atom. The molecule has 1 fully saturated rings. The second-order valence-corrected chi connectivity index (χ2v) is 8.38. The van der Waals surface area contributed by atoms with Gasteiger partial charge in [-0.3, -0.25) is 14.8 Å². The number of aromatic nitrogens is 3. The second kappa shape index (κ2) is 10.6. The Morgan fingerprint density at radius 3 is 2.93 bits per heavy atom. The molecule has 2 aromatic rings. The van der Waals surface area contributed by atoms with Crippen LogP contribution in [-0.2, 0) is 9.53 Å². The summed E-state index contributed by atoms with van der Waals surface area (Å²) in [5, 5.41) is 10.6. The van der Waals surface area contributed by atoms with Gasteiger partial charge >= 0.3 is 0 Å². The van der Waals surface area contributed by atoms with Gasteiger partial charge in [0.2, 0.25) is 11.1 Å². The molecule has 1 aromatic carbocycles.